The maximum atomic E-state index is 13.5. The van der Waals surface area contributed by atoms with Crippen molar-refractivity contribution < 1.29 is 23.5 Å². The van der Waals surface area contributed by atoms with Crippen LogP contribution in [-0.4, -0.2) is 61.6 Å². The number of hydrogen-bond acceptors (Lipinski definition) is 5. The summed E-state index contributed by atoms with van der Waals surface area (Å²) in [7, 11) is 1.59. The van der Waals surface area contributed by atoms with E-state index in [1.54, 1.807) is 40.4 Å². The van der Waals surface area contributed by atoms with Crippen molar-refractivity contribution in [1.29, 1.82) is 0 Å². The molecule has 8 heteroatoms. The lowest BCUT2D eigenvalue weighted by atomic mass is 10.0. The van der Waals surface area contributed by atoms with Crippen LogP contribution in [0.5, 0.6) is 5.75 Å². The van der Waals surface area contributed by atoms with Gasteiger partial charge >= 0.3 is 0 Å². The first-order valence-corrected chi connectivity index (χ1v) is 11.5. The Labute approximate surface area is 185 Å². The summed E-state index contributed by atoms with van der Waals surface area (Å²) < 4.78 is 24.5. The van der Waals surface area contributed by atoms with E-state index in [0.29, 0.717) is 25.4 Å². The second-order valence-corrected chi connectivity index (χ2v) is 8.95. The lowest BCUT2D eigenvalue weighted by Crippen LogP contribution is -2.48. The molecular formula is C23H27FN2O4S. The van der Waals surface area contributed by atoms with Gasteiger partial charge in [0, 0.05) is 37.1 Å². The molecule has 6 nitrogen and oxygen atoms in total. The summed E-state index contributed by atoms with van der Waals surface area (Å²) in [6.07, 6.45) is 2.56. The highest BCUT2D eigenvalue weighted by Gasteiger charge is 2.37. The number of ether oxygens (including phenoxy) is 2. The zero-order chi connectivity index (χ0) is 21.8. The molecule has 0 bridgehead atoms. The third kappa shape index (κ3) is 5.25. The Balaban J connectivity index is 1.48. The van der Waals surface area contributed by atoms with Gasteiger partial charge in [-0.1, -0.05) is 6.07 Å². The summed E-state index contributed by atoms with van der Waals surface area (Å²) in [5.74, 6) is 0.0423. The number of nitrogens with zero attached hydrogens (tertiary/aromatic N) is 2. The van der Waals surface area contributed by atoms with Crippen LogP contribution in [0.3, 0.4) is 0 Å². The fraction of sp³-hybridized carbons (Fsp3) is 0.478. The standard InChI is InChI=1S/C23H27FN2O4S/c1-29-11-10-25(23(28)16-5-6-16)14-22(27)26-9-7-21-19(8-12-31-21)20(26)15-30-18-4-2-3-17(24)13-18/h2-4,8,12-13,16,20H,5-7,9-11,14-15H2,1H3/t20-/m0/s1. The highest BCUT2D eigenvalue weighted by molar-refractivity contribution is 7.10. The number of carbonyl (C=O) groups is 2. The zero-order valence-corrected chi connectivity index (χ0v) is 18.4. The van der Waals surface area contributed by atoms with E-state index in [1.165, 1.54) is 17.0 Å². The molecule has 2 heterocycles. The van der Waals surface area contributed by atoms with Crippen LogP contribution in [0.2, 0.25) is 0 Å². The molecule has 1 aliphatic heterocycles. The van der Waals surface area contributed by atoms with E-state index in [2.05, 4.69) is 0 Å². The van der Waals surface area contributed by atoms with Crippen LogP contribution in [0, 0.1) is 11.7 Å². The van der Waals surface area contributed by atoms with Crippen LogP contribution in [0.25, 0.3) is 0 Å². The summed E-state index contributed by atoms with van der Waals surface area (Å²) in [6.45, 7) is 1.63. The van der Waals surface area contributed by atoms with Gasteiger partial charge in [-0.3, -0.25) is 9.59 Å². The molecule has 0 radical (unpaired) electrons. The van der Waals surface area contributed by atoms with E-state index < -0.39 is 0 Å². The molecule has 1 atom stereocenters. The highest BCUT2D eigenvalue weighted by atomic mass is 32.1. The number of fused-ring (bicyclic) bond motifs is 1. The van der Waals surface area contributed by atoms with Crippen molar-refractivity contribution in [2.75, 3.05) is 40.0 Å². The van der Waals surface area contributed by atoms with Gasteiger partial charge in [0.25, 0.3) is 0 Å². The van der Waals surface area contributed by atoms with Crippen LogP contribution in [-0.2, 0) is 20.7 Å². The molecule has 0 N–H and O–H groups in total. The molecule has 31 heavy (non-hydrogen) atoms. The Hall–Kier alpha value is -2.45. The molecule has 0 saturated heterocycles. The molecule has 1 saturated carbocycles. The fourth-order valence-electron chi connectivity index (χ4n) is 3.92. The third-order valence-corrected chi connectivity index (χ3v) is 6.75. The molecule has 1 aromatic carbocycles. The molecule has 0 spiro atoms. The molecule has 0 unspecified atom stereocenters. The number of amides is 2. The average Bonchev–Trinajstić information content (AvgIpc) is 3.51. The zero-order valence-electron chi connectivity index (χ0n) is 17.6. The lowest BCUT2D eigenvalue weighted by Gasteiger charge is -2.37. The topological polar surface area (TPSA) is 59.1 Å². The van der Waals surface area contributed by atoms with Crippen LogP contribution in [0.15, 0.2) is 35.7 Å². The van der Waals surface area contributed by atoms with Gasteiger partial charge in [0.05, 0.1) is 19.2 Å². The maximum absolute atomic E-state index is 13.5. The summed E-state index contributed by atoms with van der Waals surface area (Å²) >= 11 is 1.67. The molecule has 2 aliphatic rings. The van der Waals surface area contributed by atoms with Gasteiger partial charge in [-0.2, -0.15) is 0 Å². The van der Waals surface area contributed by atoms with Crippen molar-refractivity contribution in [1.82, 2.24) is 9.80 Å². The van der Waals surface area contributed by atoms with E-state index in [-0.39, 0.29) is 42.7 Å². The number of thiophene rings is 1. The maximum Gasteiger partial charge on any atom is 0.242 e. The Morgan fingerprint density at radius 2 is 2.13 bits per heavy atom. The SMILES string of the molecule is COCCN(CC(=O)N1CCc2sccc2[C@@H]1COc1cccc(F)c1)C(=O)C1CC1. The summed E-state index contributed by atoms with van der Waals surface area (Å²) in [5, 5.41) is 2.02. The van der Waals surface area contributed by atoms with Crippen LogP contribution >= 0.6 is 11.3 Å². The molecule has 1 aliphatic carbocycles. The number of carbonyl (C=O) groups excluding carboxylic acids is 2. The number of halogens is 1. The Kier molecular flexibility index (Phi) is 6.87. The Bertz CT molecular complexity index is 930. The number of hydrogen-bond donors (Lipinski definition) is 0. The van der Waals surface area contributed by atoms with E-state index in [9.17, 15) is 14.0 Å². The minimum Gasteiger partial charge on any atom is -0.491 e. The Morgan fingerprint density at radius 3 is 2.87 bits per heavy atom. The van der Waals surface area contributed by atoms with Crippen LogP contribution in [0.4, 0.5) is 4.39 Å². The van der Waals surface area contributed by atoms with Gasteiger partial charge in [-0.15, -0.1) is 11.3 Å². The van der Waals surface area contributed by atoms with E-state index in [4.69, 9.17) is 9.47 Å². The molecule has 4 rings (SSSR count). The van der Waals surface area contributed by atoms with Gasteiger partial charge in [-0.05, 0) is 48.4 Å². The van der Waals surface area contributed by atoms with Crippen molar-refractivity contribution >= 4 is 23.2 Å². The summed E-state index contributed by atoms with van der Waals surface area (Å²) in [5.41, 5.74) is 1.07. The van der Waals surface area contributed by atoms with Crippen molar-refractivity contribution in [3.63, 3.8) is 0 Å². The minimum atomic E-state index is -0.363. The number of benzene rings is 1. The largest absolute Gasteiger partial charge is 0.491 e. The molecule has 2 aromatic rings. The van der Waals surface area contributed by atoms with Crippen molar-refractivity contribution in [2.45, 2.75) is 25.3 Å². The average molecular weight is 447 g/mol. The lowest BCUT2D eigenvalue weighted by molar-refractivity contribution is -0.143. The molecule has 166 valence electrons. The van der Waals surface area contributed by atoms with Crippen molar-refractivity contribution in [2.24, 2.45) is 5.92 Å². The van der Waals surface area contributed by atoms with Gasteiger partial charge in [0.1, 0.15) is 18.2 Å². The van der Waals surface area contributed by atoms with Gasteiger partial charge in [0.15, 0.2) is 0 Å². The first kappa shape index (κ1) is 21.8. The monoisotopic (exact) mass is 446 g/mol. The molecule has 1 aromatic heterocycles. The van der Waals surface area contributed by atoms with E-state index in [0.717, 1.165) is 24.8 Å². The first-order chi connectivity index (χ1) is 15.1. The number of methoxy groups -OCH3 is 1. The predicted molar refractivity (Wildman–Crippen MR) is 116 cm³/mol. The second kappa shape index (κ2) is 9.78. The van der Waals surface area contributed by atoms with Gasteiger partial charge in [-0.25, -0.2) is 4.39 Å². The first-order valence-electron chi connectivity index (χ1n) is 10.6. The minimum absolute atomic E-state index is 0.0335. The van der Waals surface area contributed by atoms with Crippen molar-refractivity contribution in [3.8, 4) is 5.75 Å². The molecular weight excluding hydrogens is 419 g/mol. The highest BCUT2D eigenvalue weighted by Crippen LogP contribution is 2.35. The van der Waals surface area contributed by atoms with E-state index >= 15 is 0 Å². The van der Waals surface area contributed by atoms with Crippen molar-refractivity contribution in [3.05, 3.63) is 52.0 Å². The number of rotatable bonds is 9. The second-order valence-electron chi connectivity index (χ2n) is 7.95. The smallest absolute Gasteiger partial charge is 0.242 e. The van der Waals surface area contributed by atoms with Crippen LogP contribution < -0.4 is 4.74 Å². The quantitative estimate of drug-likeness (QED) is 0.593. The van der Waals surface area contributed by atoms with E-state index in [1.807, 2.05) is 11.4 Å². The predicted octanol–water partition coefficient (Wildman–Crippen LogP) is 3.28. The van der Waals surface area contributed by atoms with Gasteiger partial charge in [0.2, 0.25) is 11.8 Å². The fourth-order valence-corrected chi connectivity index (χ4v) is 4.85. The van der Waals surface area contributed by atoms with Crippen LogP contribution in [0.1, 0.15) is 29.3 Å². The third-order valence-electron chi connectivity index (χ3n) is 5.75. The molecule has 1 fully saturated rings. The Morgan fingerprint density at radius 1 is 1.29 bits per heavy atom. The molecule has 2 amide bonds. The summed E-state index contributed by atoms with van der Waals surface area (Å²) in [6, 6.07) is 7.76. The summed E-state index contributed by atoms with van der Waals surface area (Å²) in [4.78, 5) is 30.6. The normalized spacial score (nSPS) is 17.9. The van der Waals surface area contributed by atoms with Gasteiger partial charge < -0.3 is 19.3 Å².